The number of carbonyl (C=O) groups excluding carboxylic acids is 1. The zero-order valence-corrected chi connectivity index (χ0v) is 20.3. The van der Waals surface area contributed by atoms with Gasteiger partial charge in [0, 0.05) is 0 Å². The molecule has 7 heteroatoms. The number of nitrogens with zero attached hydrogens (tertiary/aromatic N) is 2. The van der Waals surface area contributed by atoms with Crippen molar-refractivity contribution in [3.8, 4) is 0 Å². The van der Waals surface area contributed by atoms with E-state index in [0.717, 1.165) is 18.4 Å². The lowest BCUT2D eigenvalue weighted by Gasteiger charge is -2.15. The van der Waals surface area contributed by atoms with Gasteiger partial charge in [-0.2, -0.15) is 0 Å². The zero-order valence-electron chi connectivity index (χ0n) is 18.6. The molecule has 1 atom stereocenters. The van der Waals surface area contributed by atoms with Crippen molar-refractivity contribution in [2.24, 2.45) is 0 Å². The molecule has 0 fully saturated rings. The number of carbonyl (C=O) groups is 1. The van der Waals surface area contributed by atoms with Crippen LogP contribution in [0, 0.1) is 13.8 Å². The van der Waals surface area contributed by atoms with Crippen LogP contribution in [-0.2, 0) is 17.8 Å². The molecule has 0 bridgehead atoms. The second-order valence-corrected chi connectivity index (χ2v) is 10.3. The lowest BCUT2D eigenvalue weighted by Crippen LogP contribution is -2.29. The van der Waals surface area contributed by atoms with Gasteiger partial charge in [0.1, 0.15) is 4.70 Å². The van der Waals surface area contributed by atoms with Crippen LogP contribution in [0.3, 0.4) is 0 Å². The summed E-state index contributed by atoms with van der Waals surface area (Å²) in [5, 5.41) is 5.62. The highest BCUT2D eigenvalue weighted by Crippen LogP contribution is 2.31. The summed E-state index contributed by atoms with van der Waals surface area (Å²) in [5.41, 5.74) is 6.61. The van der Waals surface area contributed by atoms with Crippen molar-refractivity contribution >= 4 is 39.2 Å². The van der Waals surface area contributed by atoms with Crippen molar-refractivity contribution in [1.29, 1.82) is 0 Å². The van der Waals surface area contributed by atoms with Gasteiger partial charge in [-0.15, -0.1) is 11.3 Å². The van der Waals surface area contributed by atoms with Gasteiger partial charge >= 0.3 is 0 Å². The van der Waals surface area contributed by atoms with E-state index in [0.29, 0.717) is 21.9 Å². The number of fused-ring (bicyclic) bond motifs is 2. The van der Waals surface area contributed by atoms with E-state index in [2.05, 4.69) is 43.4 Å². The predicted molar refractivity (Wildman–Crippen MR) is 135 cm³/mol. The van der Waals surface area contributed by atoms with E-state index < -0.39 is 0 Å². The topological polar surface area (TPSA) is 64.0 Å². The fraction of sp³-hybridized carbons (Fsp3) is 0.269. The van der Waals surface area contributed by atoms with E-state index in [1.807, 2.05) is 29.6 Å². The monoisotopic (exact) mass is 475 g/mol. The Morgan fingerprint density at radius 2 is 2.03 bits per heavy atom. The molecule has 2 heterocycles. The molecule has 0 saturated heterocycles. The molecule has 0 unspecified atom stereocenters. The van der Waals surface area contributed by atoms with Gasteiger partial charge in [0.05, 0.1) is 23.9 Å². The average Bonchev–Trinajstić information content (AvgIpc) is 3.44. The number of aromatic nitrogens is 2. The quantitative estimate of drug-likeness (QED) is 0.314. The maximum atomic E-state index is 13.2. The third kappa shape index (κ3) is 4.48. The Bertz CT molecular complexity index is 1410. The number of nitrogens with one attached hydrogen (secondary N) is 1. The van der Waals surface area contributed by atoms with Crippen LogP contribution in [0.1, 0.15) is 40.3 Å². The number of amides is 1. The summed E-state index contributed by atoms with van der Waals surface area (Å²) in [5.74, 6) is 0.173. The van der Waals surface area contributed by atoms with Gasteiger partial charge in [-0.1, -0.05) is 54.2 Å². The normalized spacial score (nSPS) is 15.0. The van der Waals surface area contributed by atoms with Crippen LogP contribution < -0.4 is 10.9 Å². The molecule has 0 aliphatic heterocycles. The van der Waals surface area contributed by atoms with Crippen molar-refractivity contribution in [3.05, 3.63) is 92.1 Å². The summed E-state index contributed by atoms with van der Waals surface area (Å²) in [6.45, 7) is 4.58. The Hall–Kier alpha value is -2.90. The van der Waals surface area contributed by atoms with E-state index in [1.165, 1.54) is 45.4 Å². The van der Waals surface area contributed by atoms with Gasteiger partial charge in [-0.25, -0.2) is 4.98 Å². The molecule has 2 aromatic carbocycles. The van der Waals surface area contributed by atoms with E-state index in [4.69, 9.17) is 4.98 Å². The minimum absolute atomic E-state index is 0.0425. The summed E-state index contributed by atoms with van der Waals surface area (Å²) in [6.07, 6.45) is 1.91. The maximum absolute atomic E-state index is 13.2. The molecular formula is C26H25N3O2S2. The minimum atomic E-state index is -0.0548. The molecule has 1 N–H and O–H groups in total. The Kier molecular flexibility index (Phi) is 6.08. The van der Waals surface area contributed by atoms with Crippen molar-refractivity contribution in [2.45, 2.75) is 44.4 Å². The molecule has 0 spiro atoms. The molecule has 168 valence electrons. The number of hydrogen-bond acceptors (Lipinski definition) is 5. The van der Waals surface area contributed by atoms with Crippen molar-refractivity contribution < 1.29 is 4.79 Å². The van der Waals surface area contributed by atoms with E-state index in [9.17, 15) is 9.59 Å². The van der Waals surface area contributed by atoms with Crippen LogP contribution in [0.2, 0.25) is 0 Å². The first-order valence-corrected chi connectivity index (χ1v) is 12.9. The predicted octanol–water partition coefficient (Wildman–Crippen LogP) is 5.02. The molecule has 0 saturated carbocycles. The van der Waals surface area contributed by atoms with Gasteiger partial charge < -0.3 is 5.32 Å². The molecule has 33 heavy (non-hydrogen) atoms. The van der Waals surface area contributed by atoms with Gasteiger partial charge in [-0.05, 0) is 66.0 Å². The summed E-state index contributed by atoms with van der Waals surface area (Å²) in [6, 6.07) is 16.4. The van der Waals surface area contributed by atoms with E-state index in [1.54, 1.807) is 4.57 Å². The Morgan fingerprint density at radius 1 is 1.18 bits per heavy atom. The molecular weight excluding hydrogens is 450 g/mol. The number of aryl methyl sites for hydroxylation is 3. The molecule has 5 nitrogen and oxygen atoms in total. The number of benzene rings is 2. The summed E-state index contributed by atoms with van der Waals surface area (Å²) in [4.78, 5) is 30.8. The molecule has 1 aliphatic rings. The fourth-order valence-corrected chi connectivity index (χ4v) is 5.92. The lowest BCUT2D eigenvalue weighted by molar-refractivity contribution is -0.119. The molecule has 4 aromatic rings. The Morgan fingerprint density at radius 3 is 2.88 bits per heavy atom. The van der Waals surface area contributed by atoms with E-state index in [-0.39, 0.29) is 23.3 Å². The van der Waals surface area contributed by atoms with Crippen LogP contribution in [0.5, 0.6) is 0 Å². The third-order valence-electron chi connectivity index (χ3n) is 6.24. The minimum Gasteiger partial charge on any atom is -0.349 e. The Balaban J connectivity index is 1.37. The summed E-state index contributed by atoms with van der Waals surface area (Å²) in [7, 11) is 0. The molecule has 5 rings (SSSR count). The smallest absolute Gasteiger partial charge is 0.272 e. The summed E-state index contributed by atoms with van der Waals surface area (Å²) >= 11 is 2.73. The van der Waals surface area contributed by atoms with Gasteiger partial charge in [0.2, 0.25) is 5.91 Å². The standard InChI is InChI=1S/C26H25N3O2S2/c1-16-7-8-18(13-17(16)2)14-29-25(31)24-22(11-12-32-24)28-26(29)33-15-23(30)27-21-10-9-19-5-3-4-6-20(19)21/h3-8,11-13,21H,9-10,14-15H2,1-2H3,(H,27,30)/t21-/m0/s1. The number of rotatable bonds is 6. The fourth-order valence-electron chi connectivity index (χ4n) is 4.33. The number of thiophene rings is 1. The van der Waals surface area contributed by atoms with Crippen LogP contribution in [0.25, 0.3) is 10.2 Å². The first-order chi connectivity index (χ1) is 16.0. The third-order valence-corrected chi connectivity index (χ3v) is 8.11. The van der Waals surface area contributed by atoms with Gasteiger partial charge in [0.25, 0.3) is 5.56 Å². The van der Waals surface area contributed by atoms with Crippen molar-refractivity contribution in [1.82, 2.24) is 14.9 Å². The maximum Gasteiger partial charge on any atom is 0.272 e. The van der Waals surface area contributed by atoms with Gasteiger partial charge in [0.15, 0.2) is 5.16 Å². The van der Waals surface area contributed by atoms with Crippen molar-refractivity contribution in [2.75, 3.05) is 5.75 Å². The Labute approximate surface area is 200 Å². The lowest BCUT2D eigenvalue weighted by atomic mass is 10.1. The average molecular weight is 476 g/mol. The van der Waals surface area contributed by atoms with Crippen LogP contribution in [0.4, 0.5) is 0 Å². The van der Waals surface area contributed by atoms with Crippen LogP contribution in [0.15, 0.2) is 63.9 Å². The molecule has 1 amide bonds. The summed E-state index contributed by atoms with van der Waals surface area (Å²) < 4.78 is 2.35. The van der Waals surface area contributed by atoms with Crippen molar-refractivity contribution in [3.63, 3.8) is 0 Å². The second-order valence-electron chi connectivity index (χ2n) is 8.49. The highest BCUT2D eigenvalue weighted by molar-refractivity contribution is 7.99. The molecule has 0 radical (unpaired) electrons. The first-order valence-electron chi connectivity index (χ1n) is 11.0. The first kappa shape index (κ1) is 21.9. The highest BCUT2D eigenvalue weighted by Gasteiger charge is 2.23. The van der Waals surface area contributed by atoms with Crippen LogP contribution in [-0.4, -0.2) is 21.2 Å². The zero-order chi connectivity index (χ0) is 22.9. The second kappa shape index (κ2) is 9.15. The van der Waals surface area contributed by atoms with Gasteiger partial charge in [-0.3, -0.25) is 14.2 Å². The van der Waals surface area contributed by atoms with E-state index >= 15 is 0 Å². The molecule has 1 aliphatic carbocycles. The SMILES string of the molecule is Cc1ccc(Cn2c(SCC(=O)N[C@H]3CCc4ccccc43)nc3ccsc3c2=O)cc1C. The largest absolute Gasteiger partial charge is 0.349 e. The number of thioether (sulfide) groups is 1. The number of hydrogen-bond donors (Lipinski definition) is 1. The molecule has 2 aromatic heterocycles. The van der Waals surface area contributed by atoms with Crippen LogP contribution >= 0.6 is 23.1 Å². The highest BCUT2D eigenvalue weighted by atomic mass is 32.2.